The van der Waals surface area contributed by atoms with E-state index in [-0.39, 0.29) is 32.5 Å². The summed E-state index contributed by atoms with van der Waals surface area (Å²) in [5, 5.41) is 21.3. The molecule has 13 rings (SSSR count). The summed E-state index contributed by atoms with van der Waals surface area (Å²) < 4.78 is 5.11. The average molecular weight is 887 g/mol. The Morgan fingerprint density at radius 1 is 0.441 bits per heavy atom. The fourth-order valence-corrected chi connectivity index (χ4v) is 14.8. The molecule has 0 atom stereocenters. The maximum atomic E-state index is 11.1. The minimum absolute atomic E-state index is 0.0394. The third kappa shape index (κ3) is 4.36. The van der Waals surface area contributed by atoms with Crippen LogP contribution in [0, 0.1) is 49.9 Å². The first-order valence-corrected chi connectivity index (χ1v) is 24.9. The summed E-state index contributed by atoms with van der Waals surface area (Å²) in [6.45, 7) is 38.0. The van der Waals surface area contributed by atoms with Gasteiger partial charge in [0.2, 0.25) is 0 Å². The van der Waals surface area contributed by atoms with Crippen molar-refractivity contribution in [3.05, 3.63) is 135 Å². The van der Waals surface area contributed by atoms with Gasteiger partial charge in [0, 0.05) is 48.5 Å². The predicted octanol–water partition coefficient (Wildman–Crippen LogP) is 17.0. The number of pyridine rings is 1. The molecule has 0 unspecified atom stereocenters. The van der Waals surface area contributed by atoms with Crippen LogP contribution in [0.25, 0.3) is 98.4 Å². The first-order chi connectivity index (χ1) is 31.9. The van der Waals surface area contributed by atoms with Crippen molar-refractivity contribution in [2.24, 2.45) is 10.8 Å². The molecule has 11 aromatic rings. The lowest BCUT2D eigenvalue weighted by atomic mass is 9.59. The lowest BCUT2D eigenvalue weighted by Gasteiger charge is -2.44. The van der Waals surface area contributed by atoms with Crippen LogP contribution in [0.3, 0.4) is 0 Å². The lowest BCUT2D eigenvalue weighted by Crippen LogP contribution is -2.42. The smallest absolute Gasteiger partial charge is 0.0995 e. The van der Waals surface area contributed by atoms with Crippen LogP contribution < -0.4 is 0 Å². The number of hydrogen-bond donors (Lipinski definition) is 0. The Bertz CT molecular complexity index is 4140. The largest absolute Gasteiger partial charge is 0.308 e. The van der Waals surface area contributed by atoms with Crippen molar-refractivity contribution >= 4 is 76.2 Å². The molecule has 0 saturated heterocycles. The first kappa shape index (κ1) is 41.7. The third-order valence-corrected chi connectivity index (χ3v) is 20.6. The number of aromatic nitrogens is 3. The molecule has 0 saturated carbocycles. The van der Waals surface area contributed by atoms with Crippen molar-refractivity contribution in [2.45, 2.75) is 132 Å². The first-order valence-electron chi connectivity index (χ1n) is 24.9. The van der Waals surface area contributed by atoms with Crippen molar-refractivity contribution in [2.75, 3.05) is 0 Å². The topological polar surface area (TPSA) is 45.5 Å². The fourth-order valence-electron chi connectivity index (χ4n) is 14.8. The zero-order valence-corrected chi connectivity index (χ0v) is 42.9. The van der Waals surface area contributed by atoms with Gasteiger partial charge in [-0.15, -0.1) is 0 Å². The van der Waals surface area contributed by atoms with Gasteiger partial charge in [-0.3, -0.25) is 4.98 Å². The van der Waals surface area contributed by atoms with Gasteiger partial charge in [0.25, 0.3) is 0 Å². The second kappa shape index (κ2) is 12.2. The van der Waals surface area contributed by atoms with E-state index >= 15 is 0 Å². The Kier molecular flexibility index (Phi) is 7.50. The van der Waals surface area contributed by atoms with E-state index < -0.39 is 0 Å². The molecule has 5 aromatic heterocycles. The van der Waals surface area contributed by atoms with E-state index in [1.54, 1.807) is 0 Å². The van der Waals surface area contributed by atoms with Crippen LogP contribution in [-0.2, 0) is 21.7 Å². The van der Waals surface area contributed by atoms with Crippen molar-refractivity contribution < 1.29 is 0 Å². The standard InChI is InChI=1S/C64H62N4/c1-32-19-17-20-33(2)49(32)36-23-41-39-29-46-40(28-45(39)67-47-27-38(30-65)53-54(51(47)43(25-36)56(41)67)60(7,8)63(13,14)59(53,5)6)42-24-37(50-34(3)21-18-22-35(50)4)26-44-52-48(68(46)57(42)44)31-66-58-55(52)61(9,10)64(15,16)62(58,11)12/h17-29,31H,1-16H3. The van der Waals surface area contributed by atoms with Gasteiger partial charge in [-0.05, 0) is 158 Å². The number of benzene rings is 6. The molecule has 5 heterocycles. The summed E-state index contributed by atoms with van der Waals surface area (Å²) in [5.74, 6) is 0. The van der Waals surface area contributed by atoms with E-state index in [1.165, 1.54) is 138 Å². The van der Waals surface area contributed by atoms with Gasteiger partial charge in [0.15, 0.2) is 0 Å². The second-order valence-electron chi connectivity index (χ2n) is 24.6. The van der Waals surface area contributed by atoms with E-state index in [2.05, 4.69) is 211 Å². The highest BCUT2D eigenvalue weighted by atomic mass is 15.0. The quantitative estimate of drug-likeness (QED) is 0.174. The molecule has 6 aromatic carbocycles. The summed E-state index contributed by atoms with van der Waals surface area (Å²) in [5.41, 5.74) is 22.5. The van der Waals surface area contributed by atoms with Crippen LogP contribution >= 0.6 is 0 Å². The van der Waals surface area contributed by atoms with Crippen LogP contribution in [0.15, 0.2) is 85.1 Å². The van der Waals surface area contributed by atoms with Gasteiger partial charge in [-0.2, -0.15) is 5.26 Å². The maximum absolute atomic E-state index is 11.1. The molecule has 0 aliphatic heterocycles. The minimum Gasteiger partial charge on any atom is -0.308 e. The summed E-state index contributed by atoms with van der Waals surface area (Å²) in [6.07, 6.45) is 2.20. The molecule has 4 nitrogen and oxygen atoms in total. The highest BCUT2D eigenvalue weighted by Gasteiger charge is 2.60. The van der Waals surface area contributed by atoms with Crippen LogP contribution in [0.4, 0.5) is 0 Å². The highest BCUT2D eigenvalue weighted by molar-refractivity contribution is 6.31. The number of aryl methyl sites for hydroxylation is 4. The Balaban J connectivity index is 1.27. The fraction of sp³-hybridized carbons (Fsp3) is 0.344. The van der Waals surface area contributed by atoms with Crippen LogP contribution in [0.1, 0.15) is 133 Å². The molecule has 2 aliphatic carbocycles. The van der Waals surface area contributed by atoms with E-state index in [0.717, 1.165) is 11.1 Å². The highest BCUT2D eigenvalue weighted by Crippen LogP contribution is 2.66. The Morgan fingerprint density at radius 2 is 0.853 bits per heavy atom. The molecular formula is C64H62N4. The Labute approximate surface area is 400 Å². The van der Waals surface area contributed by atoms with E-state index in [4.69, 9.17) is 4.98 Å². The van der Waals surface area contributed by atoms with Crippen molar-refractivity contribution in [3.8, 4) is 28.3 Å². The molecule has 0 N–H and O–H groups in total. The summed E-state index contributed by atoms with van der Waals surface area (Å²) in [6, 6.07) is 33.3. The van der Waals surface area contributed by atoms with Crippen molar-refractivity contribution in [3.63, 3.8) is 0 Å². The van der Waals surface area contributed by atoms with Crippen LogP contribution in [-0.4, -0.2) is 13.8 Å². The van der Waals surface area contributed by atoms with Crippen LogP contribution in [0.2, 0.25) is 0 Å². The lowest BCUT2D eigenvalue weighted by molar-refractivity contribution is 0.124. The SMILES string of the molecule is Cc1cccc(C)c1-c1cc2c3cc4c(cc3n3c5cnc6c(c5c(c1)c23)C(C)(C)C(C)(C)C6(C)C)c1cc(-c2c(C)cccc2C)cc2c3c5c(c(C#N)cc3n4c12)C(C)(C)C(C)(C)C5(C)C. The minimum atomic E-state index is -0.229. The van der Waals surface area contributed by atoms with Gasteiger partial charge >= 0.3 is 0 Å². The second-order valence-corrected chi connectivity index (χ2v) is 24.6. The molecule has 0 fully saturated rings. The number of nitrogens with zero attached hydrogens (tertiary/aromatic N) is 4. The van der Waals surface area contributed by atoms with E-state index in [1.807, 2.05) is 0 Å². The Morgan fingerprint density at radius 3 is 1.34 bits per heavy atom. The number of fused-ring (bicyclic) bond motifs is 16. The monoisotopic (exact) mass is 886 g/mol. The van der Waals surface area contributed by atoms with Crippen LogP contribution in [0.5, 0.6) is 0 Å². The maximum Gasteiger partial charge on any atom is 0.0995 e. The zero-order chi connectivity index (χ0) is 48.1. The molecule has 68 heavy (non-hydrogen) atoms. The molecule has 0 amide bonds. The van der Waals surface area contributed by atoms with Gasteiger partial charge in [-0.1, -0.05) is 119 Å². The van der Waals surface area contributed by atoms with Crippen molar-refractivity contribution in [1.29, 1.82) is 5.26 Å². The normalized spacial score (nSPS) is 18.7. The van der Waals surface area contributed by atoms with Crippen molar-refractivity contribution in [1.82, 2.24) is 13.8 Å². The zero-order valence-electron chi connectivity index (χ0n) is 42.9. The molecule has 0 spiro atoms. The average Bonchev–Trinajstić information content (AvgIpc) is 4.02. The number of rotatable bonds is 2. The molecule has 0 radical (unpaired) electrons. The van der Waals surface area contributed by atoms with Gasteiger partial charge in [0.05, 0.1) is 56.6 Å². The summed E-state index contributed by atoms with van der Waals surface area (Å²) >= 11 is 0. The summed E-state index contributed by atoms with van der Waals surface area (Å²) in [7, 11) is 0. The van der Waals surface area contributed by atoms with Gasteiger partial charge < -0.3 is 8.80 Å². The molecule has 2 aliphatic rings. The molecule has 338 valence electrons. The van der Waals surface area contributed by atoms with E-state index in [0.29, 0.717) is 0 Å². The third-order valence-electron chi connectivity index (χ3n) is 20.6. The summed E-state index contributed by atoms with van der Waals surface area (Å²) in [4.78, 5) is 5.49. The number of hydrogen-bond acceptors (Lipinski definition) is 2. The van der Waals surface area contributed by atoms with E-state index in [9.17, 15) is 5.26 Å². The molecular weight excluding hydrogens is 825 g/mol. The van der Waals surface area contributed by atoms with Gasteiger partial charge in [0.1, 0.15) is 0 Å². The predicted molar refractivity (Wildman–Crippen MR) is 288 cm³/mol. The van der Waals surface area contributed by atoms with Gasteiger partial charge in [-0.25, -0.2) is 0 Å². The molecule has 4 heteroatoms. The molecule has 0 bridgehead atoms. The Hall–Kier alpha value is -6.44. The number of nitriles is 1.